The molecule has 2 rings (SSSR count). The Kier molecular flexibility index (Phi) is 6.49. The third kappa shape index (κ3) is 5.47. The minimum Gasteiger partial charge on any atom is -0.350 e. The van der Waals surface area contributed by atoms with Gasteiger partial charge >= 0.3 is 6.18 Å². The van der Waals surface area contributed by atoms with Crippen molar-refractivity contribution in [1.82, 2.24) is 5.32 Å². The van der Waals surface area contributed by atoms with Crippen LogP contribution in [0.2, 0.25) is 5.02 Å². The van der Waals surface area contributed by atoms with Crippen molar-refractivity contribution in [2.75, 3.05) is 18.0 Å². The van der Waals surface area contributed by atoms with Crippen LogP contribution in [0.25, 0.3) is 0 Å². The van der Waals surface area contributed by atoms with Gasteiger partial charge in [0.1, 0.15) is 0 Å². The summed E-state index contributed by atoms with van der Waals surface area (Å²) in [6.07, 6.45) is -4.55. The molecule has 0 aliphatic heterocycles. The Hall–Kier alpha value is -2.54. The van der Waals surface area contributed by atoms with Crippen molar-refractivity contribution < 1.29 is 22.8 Å². The largest absolute Gasteiger partial charge is 0.416 e. The van der Waals surface area contributed by atoms with Crippen molar-refractivity contribution in [1.29, 1.82) is 0 Å². The first-order valence-electron chi connectivity index (χ1n) is 8.09. The van der Waals surface area contributed by atoms with Gasteiger partial charge in [0.15, 0.2) is 0 Å². The summed E-state index contributed by atoms with van der Waals surface area (Å²) in [4.78, 5) is 25.2. The number of carbonyl (C=O) groups excluding carboxylic acids is 2. The highest BCUT2D eigenvalue weighted by Crippen LogP contribution is 2.35. The number of rotatable bonds is 5. The van der Waals surface area contributed by atoms with E-state index in [-0.39, 0.29) is 29.7 Å². The first-order valence-corrected chi connectivity index (χ1v) is 8.47. The second-order valence-corrected chi connectivity index (χ2v) is 6.37. The van der Waals surface area contributed by atoms with Crippen LogP contribution in [0.5, 0.6) is 0 Å². The van der Waals surface area contributed by atoms with Crippen molar-refractivity contribution in [3.63, 3.8) is 0 Å². The van der Waals surface area contributed by atoms with Gasteiger partial charge in [-0.25, -0.2) is 0 Å². The number of halogens is 4. The lowest BCUT2D eigenvalue weighted by Crippen LogP contribution is -2.37. The molecule has 4 nitrogen and oxygen atoms in total. The van der Waals surface area contributed by atoms with Crippen LogP contribution in [0.15, 0.2) is 42.5 Å². The molecule has 0 unspecified atom stereocenters. The molecule has 0 atom stereocenters. The number of alkyl halides is 3. The topological polar surface area (TPSA) is 49.4 Å². The fraction of sp³-hybridized carbons (Fsp3) is 0.263. The molecule has 0 aliphatic carbocycles. The van der Waals surface area contributed by atoms with E-state index in [1.165, 1.54) is 6.92 Å². The molecular formula is C19H18ClF3N2O2. The third-order valence-corrected chi connectivity index (χ3v) is 4.17. The maximum Gasteiger partial charge on any atom is 0.416 e. The first-order chi connectivity index (χ1) is 12.6. The highest BCUT2D eigenvalue weighted by molar-refractivity contribution is 6.33. The Morgan fingerprint density at radius 2 is 1.85 bits per heavy atom. The molecule has 0 aliphatic rings. The number of anilines is 1. The predicted octanol–water partition coefficient (Wildman–Crippen LogP) is 4.45. The van der Waals surface area contributed by atoms with Gasteiger partial charge in [-0.2, -0.15) is 13.2 Å². The maximum absolute atomic E-state index is 12.9. The van der Waals surface area contributed by atoms with Crippen LogP contribution in [0, 0.1) is 6.92 Å². The Balaban J connectivity index is 2.13. The minimum absolute atomic E-state index is 0.0169. The van der Waals surface area contributed by atoms with E-state index in [0.717, 1.165) is 28.7 Å². The molecule has 0 saturated heterocycles. The van der Waals surface area contributed by atoms with Gasteiger partial charge in [0.2, 0.25) is 5.91 Å². The lowest BCUT2D eigenvalue weighted by molar-refractivity contribution is -0.137. The normalized spacial score (nSPS) is 11.2. The predicted molar refractivity (Wildman–Crippen MR) is 98.0 cm³/mol. The highest BCUT2D eigenvalue weighted by atomic mass is 35.5. The number of benzene rings is 2. The SMILES string of the molecule is CC(=O)N(CCNC(=O)c1cccc(C)c1)c1cc(C(F)(F)F)ccc1Cl. The number of nitrogens with zero attached hydrogens (tertiary/aromatic N) is 1. The molecule has 27 heavy (non-hydrogen) atoms. The smallest absolute Gasteiger partial charge is 0.350 e. The molecule has 0 spiro atoms. The van der Waals surface area contributed by atoms with Gasteiger partial charge in [0.25, 0.3) is 5.91 Å². The average molecular weight is 399 g/mol. The fourth-order valence-corrected chi connectivity index (χ4v) is 2.73. The number of amides is 2. The molecule has 0 heterocycles. The Bertz CT molecular complexity index is 853. The Labute approximate surface area is 159 Å². The van der Waals surface area contributed by atoms with Gasteiger partial charge in [-0.1, -0.05) is 29.3 Å². The van der Waals surface area contributed by atoms with Gasteiger partial charge in [-0.3, -0.25) is 9.59 Å². The third-order valence-electron chi connectivity index (χ3n) is 3.85. The number of carbonyl (C=O) groups is 2. The molecule has 0 bridgehead atoms. The van der Waals surface area contributed by atoms with Crippen molar-refractivity contribution in [2.45, 2.75) is 20.0 Å². The van der Waals surface area contributed by atoms with Crippen molar-refractivity contribution in [2.24, 2.45) is 0 Å². The number of aryl methyl sites for hydroxylation is 1. The van der Waals surface area contributed by atoms with E-state index in [1.807, 2.05) is 13.0 Å². The number of hydrogen-bond acceptors (Lipinski definition) is 2. The summed E-state index contributed by atoms with van der Waals surface area (Å²) >= 11 is 5.99. The molecule has 144 valence electrons. The van der Waals surface area contributed by atoms with Crippen molar-refractivity contribution in [3.8, 4) is 0 Å². The lowest BCUT2D eigenvalue weighted by atomic mass is 10.1. The molecule has 0 fully saturated rings. The Morgan fingerprint density at radius 3 is 2.44 bits per heavy atom. The van der Waals surface area contributed by atoms with E-state index in [2.05, 4.69) is 5.32 Å². The molecule has 1 N–H and O–H groups in total. The van der Waals surface area contributed by atoms with Gasteiger partial charge in [-0.15, -0.1) is 0 Å². The number of nitrogens with one attached hydrogen (secondary N) is 1. The number of hydrogen-bond donors (Lipinski definition) is 1. The van der Waals surface area contributed by atoms with Crippen LogP contribution in [0.3, 0.4) is 0 Å². The van der Waals surface area contributed by atoms with Crippen LogP contribution in [-0.4, -0.2) is 24.9 Å². The monoisotopic (exact) mass is 398 g/mol. The summed E-state index contributed by atoms with van der Waals surface area (Å²) in [6, 6.07) is 9.73. The van der Waals surface area contributed by atoms with Crippen molar-refractivity contribution in [3.05, 3.63) is 64.2 Å². The molecule has 2 amide bonds. The summed E-state index contributed by atoms with van der Waals surface area (Å²) in [5.74, 6) is -0.821. The van der Waals surface area contributed by atoms with Crippen LogP contribution < -0.4 is 10.2 Å². The second-order valence-electron chi connectivity index (χ2n) is 5.96. The van der Waals surface area contributed by atoms with E-state index < -0.39 is 17.6 Å². The quantitative estimate of drug-likeness (QED) is 0.809. The molecule has 2 aromatic rings. The van der Waals surface area contributed by atoms with Gasteiger partial charge in [0, 0.05) is 25.6 Å². The molecule has 0 saturated carbocycles. The van der Waals surface area contributed by atoms with E-state index in [9.17, 15) is 22.8 Å². The van der Waals surface area contributed by atoms with Crippen LogP contribution in [0.1, 0.15) is 28.4 Å². The van der Waals surface area contributed by atoms with Crippen LogP contribution >= 0.6 is 11.6 Å². The molecule has 0 aromatic heterocycles. The van der Waals surface area contributed by atoms with E-state index >= 15 is 0 Å². The lowest BCUT2D eigenvalue weighted by Gasteiger charge is -2.23. The summed E-state index contributed by atoms with van der Waals surface area (Å²) < 4.78 is 38.8. The standard InChI is InChI=1S/C19H18ClF3N2O2/c1-12-4-3-5-14(10-12)18(27)24-8-9-25(13(2)26)17-11-15(19(21,22)23)6-7-16(17)20/h3-7,10-11H,8-9H2,1-2H3,(H,24,27). The molecular weight excluding hydrogens is 381 g/mol. The second kappa shape index (κ2) is 8.43. The van der Waals surface area contributed by atoms with E-state index in [4.69, 9.17) is 11.6 Å². The summed E-state index contributed by atoms with van der Waals surface area (Å²) in [7, 11) is 0. The minimum atomic E-state index is -4.55. The van der Waals surface area contributed by atoms with Crippen LogP contribution in [0.4, 0.5) is 18.9 Å². The zero-order chi connectivity index (χ0) is 20.2. The van der Waals surface area contributed by atoms with Crippen LogP contribution in [-0.2, 0) is 11.0 Å². The summed E-state index contributed by atoms with van der Waals surface area (Å²) in [6.45, 7) is 3.11. The zero-order valence-electron chi connectivity index (χ0n) is 14.7. The molecule has 2 aromatic carbocycles. The highest BCUT2D eigenvalue weighted by Gasteiger charge is 2.32. The first kappa shape index (κ1) is 20.8. The summed E-state index contributed by atoms with van der Waals surface area (Å²) in [5, 5.41) is 2.66. The van der Waals surface area contributed by atoms with Gasteiger partial charge < -0.3 is 10.2 Å². The van der Waals surface area contributed by atoms with Gasteiger partial charge in [0.05, 0.1) is 16.3 Å². The maximum atomic E-state index is 12.9. The zero-order valence-corrected chi connectivity index (χ0v) is 15.5. The average Bonchev–Trinajstić information content (AvgIpc) is 2.58. The van der Waals surface area contributed by atoms with Crippen molar-refractivity contribution >= 4 is 29.1 Å². The fourth-order valence-electron chi connectivity index (χ4n) is 2.51. The summed E-state index contributed by atoms with van der Waals surface area (Å²) in [5.41, 5.74) is 0.422. The van der Waals surface area contributed by atoms with E-state index in [1.54, 1.807) is 18.2 Å². The molecule has 8 heteroatoms. The van der Waals surface area contributed by atoms with E-state index in [0.29, 0.717) is 5.56 Å². The molecule has 0 radical (unpaired) electrons. The van der Waals surface area contributed by atoms with Gasteiger partial charge in [-0.05, 0) is 37.3 Å². The Morgan fingerprint density at radius 1 is 1.15 bits per heavy atom.